The fourth-order valence-corrected chi connectivity index (χ4v) is 2.79. The zero-order valence-corrected chi connectivity index (χ0v) is 15.9. The number of methoxy groups -OCH3 is 1. The second kappa shape index (κ2) is 8.54. The second-order valence-corrected chi connectivity index (χ2v) is 6.54. The molecule has 0 unspecified atom stereocenters. The maximum atomic E-state index is 12.6. The van der Waals surface area contributed by atoms with Crippen molar-refractivity contribution in [2.45, 2.75) is 32.7 Å². The highest BCUT2D eigenvalue weighted by atomic mass is 16.5. The summed E-state index contributed by atoms with van der Waals surface area (Å²) < 4.78 is 12.7. The van der Waals surface area contributed by atoms with Crippen molar-refractivity contribution in [3.05, 3.63) is 72.0 Å². The molecule has 27 heavy (non-hydrogen) atoms. The lowest BCUT2D eigenvalue weighted by Gasteiger charge is -2.06. The highest BCUT2D eigenvalue weighted by Gasteiger charge is 2.10. The number of nitrogens with zero attached hydrogens (tertiary/aromatic N) is 2. The summed E-state index contributed by atoms with van der Waals surface area (Å²) in [7, 11) is 1.64. The average molecular weight is 364 g/mol. The fourth-order valence-electron chi connectivity index (χ4n) is 2.79. The van der Waals surface area contributed by atoms with Crippen LogP contribution in [-0.4, -0.2) is 23.6 Å². The smallest absolute Gasteiger partial charge is 0.232 e. The number of hydrogen-bond donors (Lipinski definition) is 0. The first-order valence-corrected chi connectivity index (χ1v) is 9.04. The van der Waals surface area contributed by atoms with Crippen LogP contribution in [-0.2, 0) is 6.42 Å². The summed E-state index contributed by atoms with van der Waals surface area (Å²) >= 11 is 0. The van der Waals surface area contributed by atoms with Crippen LogP contribution in [0, 0.1) is 0 Å². The Hall–Kier alpha value is -3.08. The summed E-state index contributed by atoms with van der Waals surface area (Å²) in [6.45, 7) is 3.98. The van der Waals surface area contributed by atoms with Gasteiger partial charge in [0.1, 0.15) is 22.8 Å². The lowest BCUT2D eigenvalue weighted by molar-refractivity contribution is 0.0895. The third-order valence-electron chi connectivity index (χ3n) is 4.12. The van der Waals surface area contributed by atoms with Crippen molar-refractivity contribution in [1.29, 1.82) is 0 Å². The molecule has 0 atom stereocenters. The third-order valence-corrected chi connectivity index (χ3v) is 4.12. The van der Waals surface area contributed by atoms with Crippen LogP contribution in [0.1, 0.15) is 30.8 Å². The minimum atomic E-state index is -0.00241. The summed E-state index contributed by atoms with van der Waals surface area (Å²) in [6, 6.07) is 17.2. The van der Waals surface area contributed by atoms with Crippen molar-refractivity contribution in [3.8, 4) is 17.1 Å². The molecule has 2 heterocycles. The summed E-state index contributed by atoms with van der Waals surface area (Å²) in [5.74, 6) is 2.37. The maximum absolute atomic E-state index is 12.6. The summed E-state index contributed by atoms with van der Waals surface area (Å²) in [6.07, 6.45) is 2.65. The monoisotopic (exact) mass is 364 g/mol. The molecule has 0 aliphatic carbocycles. The van der Waals surface area contributed by atoms with Gasteiger partial charge in [0.15, 0.2) is 0 Å². The number of rotatable bonds is 6. The lowest BCUT2D eigenvalue weighted by Crippen LogP contribution is -2.27. The molecular weight excluding hydrogens is 340 g/mol. The number of carbonyl (C=O) groups excluding carboxylic acids is 1. The van der Waals surface area contributed by atoms with E-state index in [1.807, 2.05) is 68.4 Å². The van der Waals surface area contributed by atoms with Crippen molar-refractivity contribution >= 4 is 5.91 Å². The molecule has 0 aliphatic heterocycles. The predicted octanol–water partition coefficient (Wildman–Crippen LogP) is 4.34. The van der Waals surface area contributed by atoms with Gasteiger partial charge in [-0.25, -0.2) is 0 Å². The van der Waals surface area contributed by atoms with Gasteiger partial charge in [-0.3, -0.25) is 14.4 Å². The molecule has 0 saturated heterocycles. The Morgan fingerprint density at radius 2 is 1.89 bits per heavy atom. The van der Waals surface area contributed by atoms with E-state index in [1.54, 1.807) is 17.9 Å². The van der Waals surface area contributed by atoms with Gasteiger partial charge in [-0.15, -0.1) is 0 Å². The zero-order chi connectivity index (χ0) is 19.2. The van der Waals surface area contributed by atoms with E-state index in [9.17, 15) is 4.79 Å². The molecule has 0 bridgehead atoms. The van der Waals surface area contributed by atoms with E-state index in [0.29, 0.717) is 18.3 Å². The number of carbonyl (C=O) groups is 1. The second-order valence-electron chi connectivity index (χ2n) is 6.54. The zero-order valence-electron chi connectivity index (χ0n) is 15.9. The molecule has 0 fully saturated rings. The molecule has 140 valence electrons. The molecule has 3 rings (SSSR count). The van der Waals surface area contributed by atoms with E-state index in [1.165, 1.54) is 0 Å². The lowest BCUT2D eigenvalue weighted by atomic mass is 10.2. The van der Waals surface area contributed by atoms with Crippen LogP contribution in [0.2, 0.25) is 0 Å². The molecular formula is C22H24N2O3. The first-order valence-electron chi connectivity index (χ1n) is 9.04. The van der Waals surface area contributed by atoms with Crippen LogP contribution in [0.4, 0.5) is 0 Å². The predicted molar refractivity (Wildman–Crippen MR) is 105 cm³/mol. The number of aromatic nitrogens is 1. The van der Waals surface area contributed by atoms with Crippen molar-refractivity contribution in [3.63, 3.8) is 0 Å². The van der Waals surface area contributed by atoms with Gasteiger partial charge in [0.05, 0.1) is 7.11 Å². The Bertz CT molecular complexity index is 965. The van der Waals surface area contributed by atoms with Gasteiger partial charge in [-0.2, -0.15) is 0 Å². The molecule has 0 amide bonds. The third kappa shape index (κ3) is 4.76. The van der Waals surface area contributed by atoms with Crippen LogP contribution in [0.25, 0.3) is 11.3 Å². The van der Waals surface area contributed by atoms with Gasteiger partial charge in [0.2, 0.25) is 5.91 Å². The van der Waals surface area contributed by atoms with Crippen LogP contribution < -0.4 is 10.2 Å². The molecule has 5 nitrogen and oxygen atoms in total. The SMILES string of the molecule is COc1ccc(-c2ccc(CCC(=O)n3ccccc3=NC(C)C)o2)cc1. The molecule has 0 spiro atoms. The largest absolute Gasteiger partial charge is 0.497 e. The van der Waals surface area contributed by atoms with Gasteiger partial charge in [0.25, 0.3) is 0 Å². The van der Waals surface area contributed by atoms with E-state index in [2.05, 4.69) is 4.99 Å². The minimum Gasteiger partial charge on any atom is -0.497 e. The summed E-state index contributed by atoms with van der Waals surface area (Å²) in [5, 5.41) is 0. The number of pyridine rings is 1. The number of hydrogen-bond acceptors (Lipinski definition) is 4. The fraction of sp³-hybridized carbons (Fsp3) is 0.273. The van der Waals surface area contributed by atoms with Crippen molar-refractivity contribution in [2.75, 3.05) is 7.11 Å². The Balaban J connectivity index is 1.69. The number of furan rings is 1. The van der Waals surface area contributed by atoms with E-state index >= 15 is 0 Å². The van der Waals surface area contributed by atoms with Gasteiger partial charge < -0.3 is 9.15 Å². The molecule has 0 N–H and O–H groups in total. The highest BCUT2D eigenvalue weighted by molar-refractivity contribution is 5.78. The normalized spacial score (nSPS) is 11.8. The maximum Gasteiger partial charge on any atom is 0.232 e. The molecule has 3 aromatic rings. The van der Waals surface area contributed by atoms with E-state index < -0.39 is 0 Å². The standard InChI is InChI=1S/C22H24N2O3/c1-16(2)23-21-6-4-5-15-24(21)22(25)14-12-19-11-13-20(27-19)17-7-9-18(26-3)10-8-17/h4-11,13,15-16H,12,14H2,1-3H3. The molecule has 0 aliphatic rings. The molecule has 0 saturated carbocycles. The molecule has 1 aromatic carbocycles. The van der Waals surface area contributed by atoms with Crippen LogP contribution >= 0.6 is 0 Å². The van der Waals surface area contributed by atoms with Crippen LogP contribution in [0.15, 0.2) is 70.2 Å². The Morgan fingerprint density at radius 3 is 2.59 bits per heavy atom. The van der Waals surface area contributed by atoms with E-state index in [4.69, 9.17) is 9.15 Å². The topological polar surface area (TPSA) is 56.7 Å². The summed E-state index contributed by atoms with van der Waals surface area (Å²) in [4.78, 5) is 17.1. The Morgan fingerprint density at radius 1 is 1.11 bits per heavy atom. The number of ether oxygens (including phenoxy) is 1. The first kappa shape index (κ1) is 18.7. The molecule has 0 radical (unpaired) electrons. The van der Waals surface area contributed by atoms with Gasteiger partial charge in [-0.05, 0) is 62.4 Å². The highest BCUT2D eigenvalue weighted by Crippen LogP contribution is 2.25. The first-order chi connectivity index (χ1) is 13.1. The number of aryl methyl sites for hydroxylation is 1. The number of benzene rings is 1. The quantitative estimate of drug-likeness (QED) is 0.654. The molecule has 2 aromatic heterocycles. The van der Waals surface area contributed by atoms with E-state index in [0.717, 1.165) is 22.8 Å². The van der Waals surface area contributed by atoms with Crippen LogP contribution in [0.5, 0.6) is 5.75 Å². The Labute approximate surface area is 158 Å². The molecule has 5 heteroatoms. The van der Waals surface area contributed by atoms with Gasteiger partial charge in [0, 0.05) is 30.6 Å². The Kier molecular flexibility index (Phi) is 5.91. The van der Waals surface area contributed by atoms with Crippen molar-refractivity contribution in [2.24, 2.45) is 4.99 Å². The van der Waals surface area contributed by atoms with E-state index in [-0.39, 0.29) is 11.9 Å². The van der Waals surface area contributed by atoms with Crippen LogP contribution in [0.3, 0.4) is 0 Å². The van der Waals surface area contributed by atoms with Crippen molar-refractivity contribution in [1.82, 2.24) is 4.57 Å². The minimum absolute atomic E-state index is 0.00241. The summed E-state index contributed by atoms with van der Waals surface area (Å²) in [5.41, 5.74) is 1.65. The van der Waals surface area contributed by atoms with Gasteiger partial charge >= 0.3 is 0 Å². The average Bonchev–Trinajstić information content (AvgIpc) is 3.15. The van der Waals surface area contributed by atoms with Crippen molar-refractivity contribution < 1.29 is 13.9 Å². The van der Waals surface area contributed by atoms with Gasteiger partial charge in [-0.1, -0.05) is 6.07 Å².